The van der Waals surface area contributed by atoms with Crippen molar-refractivity contribution in [3.8, 4) is 35.5 Å². The van der Waals surface area contributed by atoms with Crippen LogP contribution in [-0.4, -0.2) is 187 Å². The first-order valence-electron chi connectivity index (χ1n) is 35.2. The fraction of sp³-hybridized carbons (Fsp3) is 0.514. The lowest BCUT2D eigenvalue weighted by Gasteiger charge is -2.40. The van der Waals surface area contributed by atoms with Crippen LogP contribution in [0.15, 0.2) is 60.7 Å². The van der Waals surface area contributed by atoms with E-state index in [0.29, 0.717) is 131 Å². The third kappa shape index (κ3) is 18.2. The number of nitrogens with one attached hydrogen (secondary N) is 9. The van der Waals surface area contributed by atoms with Crippen LogP contribution in [0.5, 0.6) is 17.2 Å². The number of aromatic nitrogens is 3. The molecule has 552 valence electrons. The van der Waals surface area contributed by atoms with Crippen molar-refractivity contribution in [2.75, 3.05) is 60.2 Å². The maximum absolute atomic E-state index is 14.9. The van der Waals surface area contributed by atoms with Crippen molar-refractivity contribution in [2.24, 2.45) is 28.6 Å². The highest BCUT2D eigenvalue weighted by molar-refractivity contribution is 6.79. The molecular weight excluding hydrogens is 1390 g/mol. The molecule has 4 saturated heterocycles. The number of benzene rings is 3. The summed E-state index contributed by atoms with van der Waals surface area (Å²) in [6.07, 6.45) is 3.43. The molecule has 6 aromatic rings. The molecule has 9 amide bonds. The van der Waals surface area contributed by atoms with Crippen molar-refractivity contribution in [1.82, 2.24) is 61.6 Å². The predicted octanol–water partition coefficient (Wildman–Crippen LogP) is 8.16. The van der Waals surface area contributed by atoms with E-state index in [1.165, 1.54) is 14.2 Å². The molecule has 104 heavy (non-hydrogen) atoms. The summed E-state index contributed by atoms with van der Waals surface area (Å²) >= 11 is 12.7. The third-order valence-corrected chi connectivity index (χ3v) is 23.4. The fourth-order valence-corrected chi connectivity index (χ4v) is 18.6. The Morgan fingerprint density at radius 2 is 1.03 bits per heavy atom. The van der Waals surface area contributed by atoms with Gasteiger partial charge in [0.15, 0.2) is 0 Å². The molecular formula is C74H91Cl2N15O12Si. The largest absolute Gasteiger partial charge is 0.496 e. The number of hydrogen-bond acceptors (Lipinski definition) is 15. The second kappa shape index (κ2) is 32.5. The molecule has 7 heterocycles. The number of H-pyrrole nitrogens is 3. The van der Waals surface area contributed by atoms with Gasteiger partial charge in [-0.2, -0.15) is 15.8 Å². The number of rotatable bonds is 28. The van der Waals surface area contributed by atoms with Crippen molar-refractivity contribution >= 4 is 117 Å². The van der Waals surface area contributed by atoms with E-state index in [9.17, 15) is 58.9 Å². The standard InChI is InChI=1S/C74H91Cl2N15O12Si/c1-73(2,32-58(67(95)81-46(34-77)22-41-14-11-19-80-64(41)92)87-65(93)55-29-50-53(85-55)25-44(75)27-62(50)102-6)38-89-20-12-15-42(70(89)98)23-47(35-78)82-68(96)59(88-66(94)56-30-51-54(86-56)26-45(76)28-63(51)103-7)33-74(3,4)39-90-21-13-16-43(71(90)99)24-48(36-79)83-69(97)60-37-104(8,9)40-91(60)72(100)57-31-49-52(84-57)17-10-18-61(49)101-5/h10,17-18,25-31,41-43,46-48,58-60,84-86H,11-16,19-24,32-33,37-40H2,1-9H3,(H,80,92)(H,81,95)(H,82,96)(H,83,97)(H,87,93)(H,88,94)/t41?,42-,43?,46?,47-,48?,58?,59-,60?/m0/s1. The van der Waals surface area contributed by atoms with Gasteiger partial charge in [0.25, 0.3) is 17.7 Å². The Labute approximate surface area is 614 Å². The quantitative estimate of drug-likeness (QED) is 0.0209. The lowest BCUT2D eigenvalue weighted by Crippen LogP contribution is -2.54. The minimum Gasteiger partial charge on any atom is -0.496 e. The Bertz CT molecular complexity index is 4430. The number of amides is 9. The second-order valence-corrected chi connectivity index (χ2v) is 36.2. The number of carbonyl (C=O) groups is 9. The number of likely N-dealkylation sites (tertiary alicyclic amines) is 2. The third-order valence-electron chi connectivity index (χ3n) is 20.3. The molecule has 0 saturated carbocycles. The van der Waals surface area contributed by atoms with Crippen LogP contribution in [0.4, 0.5) is 0 Å². The highest BCUT2D eigenvalue weighted by atomic mass is 35.5. The van der Waals surface area contributed by atoms with E-state index in [1.54, 1.807) is 70.3 Å². The number of nitriles is 3. The number of hydrogen-bond donors (Lipinski definition) is 9. The summed E-state index contributed by atoms with van der Waals surface area (Å²) in [6, 6.07) is 16.9. The van der Waals surface area contributed by atoms with Gasteiger partial charge in [0.2, 0.25) is 35.4 Å². The Morgan fingerprint density at radius 3 is 1.50 bits per heavy atom. The van der Waals surface area contributed by atoms with Crippen LogP contribution >= 0.6 is 23.2 Å². The fourth-order valence-electron chi connectivity index (χ4n) is 15.3. The minimum absolute atomic E-state index is 0.00599. The van der Waals surface area contributed by atoms with Crippen molar-refractivity contribution in [3.63, 3.8) is 0 Å². The van der Waals surface area contributed by atoms with Crippen LogP contribution in [-0.2, 0) is 28.8 Å². The zero-order valence-electron chi connectivity index (χ0n) is 60.0. The molecule has 0 bridgehead atoms. The first-order chi connectivity index (χ1) is 49.4. The van der Waals surface area contributed by atoms with Gasteiger partial charge in [-0.3, -0.25) is 43.2 Å². The minimum atomic E-state index is -2.11. The molecule has 0 spiro atoms. The lowest BCUT2D eigenvalue weighted by atomic mass is 9.82. The van der Waals surface area contributed by atoms with Gasteiger partial charge in [-0.25, -0.2) is 0 Å². The molecule has 30 heteroatoms. The SMILES string of the molecule is COc1cc(Cl)cc2[nH]c(C(=O)NC(CC(C)(C)CN3CCC[C@@H](C[C@@H](C#N)NC(=O)[C@H](CC(C)(C)CN4CCCC(CC(C#N)NC(=O)C5C[Si](C)(C)CN5C(=O)c5cc6c(OC)cccc6[nH]5)C4=O)NC(=O)c4cc5c(OC)cc(Cl)cc5[nH]4)C3=O)C(=O)NC(C#N)CC3CCCNC3=O)cc12. The van der Waals surface area contributed by atoms with Gasteiger partial charge in [0.05, 0.1) is 58.6 Å². The molecule has 4 fully saturated rings. The number of halogens is 2. The van der Waals surface area contributed by atoms with Gasteiger partial charge in [-0.05, 0) is 142 Å². The second-order valence-electron chi connectivity index (χ2n) is 30.3. The highest BCUT2D eigenvalue weighted by Crippen LogP contribution is 2.37. The molecule has 3 aromatic heterocycles. The van der Waals surface area contributed by atoms with Gasteiger partial charge in [0, 0.05) is 88.4 Å². The van der Waals surface area contributed by atoms with E-state index in [2.05, 4.69) is 78.2 Å². The van der Waals surface area contributed by atoms with Gasteiger partial charge in [-0.1, -0.05) is 70.1 Å². The van der Waals surface area contributed by atoms with E-state index >= 15 is 0 Å². The topological polar surface area (TPSA) is 382 Å². The van der Waals surface area contributed by atoms with Crippen LogP contribution < -0.4 is 46.1 Å². The number of aromatic amines is 3. The maximum Gasteiger partial charge on any atom is 0.270 e. The monoisotopic (exact) mass is 1480 g/mol. The van der Waals surface area contributed by atoms with E-state index in [1.807, 2.05) is 39.8 Å². The van der Waals surface area contributed by atoms with Crippen LogP contribution in [0.2, 0.25) is 29.2 Å². The summed E-state index contributed by atoms with van der Waals surface area (Å²) in [4.78, 5) is 143. The molecule has 4 aliphatic rings. The number of piperidine rings is 3. The summed E-state index contributed by atoms with van der Waals surface area (Å²) < 4.78 is 16.6. The van der Waals surface area contributed by atoms with Crippen molar-refractivity contribution in [1.29, 1.82) is 15.8 Å². The van der Waals surface area contributed by atoms with Crippen molar-refractivity contribution in [2.45, 2.75) is 154 Å². The molecule has 10 rings (SSSR count). The van der Waals surface area contributed by atoms with Gasteiger partial charge in [0.1, 0.15) is 70.6 Å². The predicted molar refractivity (Wildman–Crippen MR) is 392 cm³/mol. The average Bonchev–Trinajstić information content (AvgIpc) is 1.62. The van der Waals surface area contributed by atoms with Crippen molar-refractivity contribution in [3.05, 3.63) is 87.8 Å². The molecule has 9 atom stereocenters. The molecule has 0 radical (unpaired) electrons. The Kier molecular flexibility index (Phi) is 24.0. The van der Waals surface area contributed by atoms with E-state index < -0.39 is 102 Å². The van der Waals surface area contributed by atoms with Crippen LogP contribution in [0.3, 0.4) is 0 Å². The molecule has 0 aliphatic carbocycles. The maximum atomic E-state index is 14.9. The molecule has 3 aromatic carbocycles. The first kappa shape index (κ1) is 76.8. The van der Waals surface area contributed by atoms with E-state index in [-0.39, 0.29) is 80.2 Å². The molecule has 9 N–H and O–H groups in total. The molecule has 6 unspecified atom stereocenters. The summed E-state index contributed by atoms with van der Waals surface area (Å²) in [6.45, 7) is 13.0. The lowest BCUT2D eigenvalue weighted by molar-refractivity contribution is -0.141. The summed E-state index contributed by atoms with van der Waals surface area (Å²) in [5.41, 5.74) is 0.340. The Hall–Kier alpha value is -9.82. The Balaban J connectivity index is 0.810. The summed E-state index contributed by atoms with van der Waals surface area (Å²) in [5.74, 6) is -4.89. The first-order valence-corrected chi connectivity index (χ1v) is 39.4. The Morgan fingerprint density at radius 1 is 0.587 bits per heavy atom. The normalized spacial score (nSPS) is 19.9. The number of fused-ring (bicyclic) bond motifs is 3. The van der Waals surface area contributed by atoms with Gasteiger partial charge < -0.3 is 75.8 Å². The molecule has 27 nitrogen and oxygen atoms in total. The van der Waals surface area contributed by atoms with Crippen LogP contribution in [0.25, 0.3) is 32.7 Å². The summed E-state index contributed by atoms with van der Waals surface area (Å²) in [7, 11) is 2.37. The van der Waals surface area contributed by atoms with Gasteiger partial charge in [-0.15, -0.1) is 0 Å². The number of methoxy groups -OCH3 is 3. The number of nitrogens with zero attached hydrogens (tertiary/aromatic N) is 6. The van der Waals surface area contributed by atoms with E-state index in [0.717, 1.165) is 5.39 Å². The highest BCUT2D eigenvalue weighted by Gasteiger charge is 2.47. The smallest absolute Gasteiger partial charge is 0.270 e. The number of ether oxygens (including phenoxy) is 3. The average molecular weight is 1480 g/mol. The van der Waals surface area contributed by atoms with E-state index in [4.69, 9.17) is 37.4 Å². The van der Waals surface area contributed by atoms with Crippen LogP contribution in [0.1, 0.15) is 130 Å². The molecule has 4 aliphatic heterocycles. The zero-order chi connectivity index (χ0) is 75.1. The van der Waals surface area contributed by atoms with Crippen molar-refractivity contribution < 1.29 is 57.4 Å². The van der Waals surface area contributed by atoms with Gasteiger partial charge >= 0.3 is 0 Å². The van der Waals surface area contributed by atoms with Crippen LogP contribution in [0, 0.1) is 62.6 Å². The zero-order valence-corrected chi connectivity index (χ0v) is 62.5. The number of carbonyl (C=O) groups excluding carboxylic acids is 9. The summed E-state index contributed by atoms with van der Waals surface area (Å²) in [5, 5.41) is 51.1.